The van der Waals surface area contributed by atoms with Crippen molar-refractivity contribution >= 4 is 45.6 Å². The second kappa shape index (κ2) is 10.9. The molecule has 1 aromatic heterocycles. The van der Waals surface area contributed by atoms with Gasteiger partial charge in [0.15, 0.2) is 11.9 Å². The molecular weight excluding hydrogens is 467 g/mol. The fraction of sp³-hybridized carbons (Fsp3) is 0.407. The van der Waals surface area contributed by atoms with Gasteiger partial charge in [-0.2, -0.15) is 0 Å². The van der Waals surface area contributed by atoms with E-state index in [0.717, 1.165) is 10.8 Å². The largest absolute Gasteiger partial charge is 0.460 e. The minimum Gasteiger partial charge on any atom is -0.460 e. The van der Waals surface area contributed by atoms with Crippen LogP contribution in [0.15, 0.2) is 48.5 Å². The van der Waals surface area contributed by atoms with Crippen molar-refractivity contribution in [1.29, 1.82) is 0 Å². The summed E-state index contributed by atoms with van der Waals surface area (Å²) in [4.78, 5) is 50.8. The molecule has 8 nitrogen and oxygen atoms in total. The molecule has 192 valence electrons. The Kier molecular flexibility index (Phi) is 8.12. The minimum atomic E-state index is -1.45. The number of rotatable bonds is 8. The van der Waals surface area contributed by atoms with Gasteiger partial charge < -0.3 is 14.8 Å². The molecule has 1 heterocycles. The molecule has 36 heavy (non-hydrogen) atoms. The van der Waals surface area contributed by atoms with Gasteiger partial charge in [-0.05, 0) is 38.8 Å². The number of Topliss-reactive ketones (excluding diaryl/α,β-unsaturated/α-hetero) is 1. The van der Waals surface area contributed by atoms with Gasteiger partial charge in [-0.3, -0.25) is 14.4 Å². The van der Waals surface area contributed by atoms with Crippen LogP contribution < -0.4 is 5.32 Å². The highest BCUT2D eigenvalue weighted by molar-refractivity contribution is 6.12. The Labute approximate surface area is 208 Å². The summed E-state index contributed by atoms with van der Waals surface area (Å²) in [6, 6.07) is 13.2. The molecule has 3 rings (SSSR count). The first kappa shape index (κ1) is 26.8. The smallest absolute Gasteiger partial charge is 0.419 e. The third-order valence-electron chi connectivity index (χ3n) is 5.48. The van der Waals surface area contributed by atoms with Crippen LogP contribution in [-0.4, -0.2) is 52.7 Å². The molecule has 2 aromatic carbocycles. The monoisotopic (exact) mass is 498 g/mol. The molecule has 0 aliphatic rings. The van der Waals surface area contributed by atoms with E-state index in [-0.39, 0.29) is 0 Å². The van der Waals surface area contributed by atoms with Gasteiger partial charge in [-0.1, -0.05) is 50.2 Å². The van der Waals surface area contributed by atoms with Crippen LogP contribution in [0.5, 0.6) is 0 Å². The molecule has 0 radical (unpaired) electrons. The molecule has 2 atom stereocenters. The Balaban J connectivity index is 1.85. The topological polar surface area (TPSA) is 104 Å². The lowest BCUT2D eigenvalue weighted by Gasteiger charge is -2.25. The Bertz CT molecular complexity index is 1240. The predicted octanol–water partition coefficient (Wildman–Crippen LogP) is 4.56. The molecule has 0 saturated heterocycles. The lowest BCUT2D eigenvalue weighted by Crippen LogP contribution is -2.50. The highest BCUT2D eigenvalue weighted by Gasteiger charge is 2.33. The number of esters is 1. The van der Waals surface area contributed by atoms with E-state index >= 15 is 0 Å². The Morgan fingerprint density at radius 3 is 1.94 bits per heavy atom. The number of carbonyl (C=O) groups excluding carboxylic acids is 4. The highest BCUT2D eigenvalue weighted by Crippen LogP contribution is 2.29. The molecule has 1 unspecified atom stereocenters. The number of benzene rings is 2. The molecule has 0 aliphatic carbocycles. The molecule has 0 fully saturated rings. The number of hydrogen-bond acceptors (Lipinski definition) is 6. The number of aromatic nitrogens is 1. The van der Waals surface area contributed by atoms with Crippen LogP contribution in [0.25, 0.3) is 21.8 Å². The average Bonchev–Trinajstić information content (AvgIpc) is 3.14. The number of ketones is 1. The van der Waals surface area contributed by atoms with E-state index in [1.54, 1.807) is 58.9 Å². The zero-order chi connectivity index (χ0) is 26.6. The quantitative estimate of drug-likeness (QED) is 0.457. The Morgan fingerprint density at radius 1 is 0.944 bits per heavy atom. The zero-order valence-corrected chi connectivity index (χ0v) is 21.0. The number of fused-ring (bicyclic) bond motifs is 3. The third kappa shape index (κ3) is 6.08. The second-order valence-electron chi connectivity index (χ2n) is 9.87. The summed E-state index contributed by atoms with van der Waals surface area (Å²) < 4.78 is 25.4. The number of para-hydroxylation sites is 2. The van der Waals surface area contributed by atoms with Crippen molar-refractivity contribution in [1.82, 2.24) is 9.88 Å². The molecule has 0 bridgehead atoms. The van der Waals surface area contributed by atoms with Gasteiger partial charge in [0.2, 0.25) is 0 Å². The summed E-state index contributed by atoms with van der Waals surface area (Å²) in [5.41, 5.74) is 0.409. The summed E-state index contributed by atoms with van der Waals surface area (Å²) in [7, 11) is 0. The molecular formula is C27H31FN2O6. The van der Waals surface area contributed by atoms with Crippen LogP contribution in [0.1, 0.15) is 41.0 Å². The number of ether oxygens (including phenoxy) is 2. The van der Waals surface area contributed by atoms with Crippen LogP contribution in [-0.2, 0) is 23.9 Å². The van der Waals surface area contributed by atoms with E-state index in [0.29, 0.717) is 11.0 Å². The Morgan fingerprint density at radius 2 is 1.47 bits per heavy atom. The van der Waals surface area contributed by atoms with Crippen molar-refractivity contribution in [3.63, 3.8) is 0 Å². The van der Waals surface area contributed by atoms with Crippen LogP contribution in [0.4, 0.5) is 9.18 Å². The van der Waals surface area contributed by atoms with Crippen molar-refractivity contribution in [2.24, 2.45) is 5.92 Å². The number of carbonyl (C=O) groups is 4. The zero-order valence-electron chi connectivity index (χ0n) is 21.0. The lowest BCUT2D eigenvalue weighted by atomic mass is 10.0. The summed E-state index contributed by atoms with van der Waals surface area (Å²) in [5, 5.41) is 4.07. The van der Waals surface area contributed by atoms with Crippen LogP contribution in [0.2, 0.25) is 0 Å². The highest BCUT2D eigenvalue weighted by atomic mass is 19.1. The molecule has 1 amide bonds. The molecule has 3 aromatic rings. The van der Waals surface area contributed by atoms with E-state index in [9.17, 15) is 23.6 Å². The van der Waals surface area contributed by atoms with E-state index in [4.69, 9.17) is 9.47 Å². The minimum absolute atomic E-state index is 0.482. The molecule has 1 N–H and O–H groups in total. The van der Waals surface area contributed by atoms with Gasteiger partial charge in [0.25, 0.3) is 5.91 Å². The summed E-state index contributed by atoms with van der Waals surface area (Å²) in [6.07, 6.45) is -2.62. The van der Waals surface area contributed by atoms with Crippen LogP contribution >= 0.6 is 0 Å². The predicted molar refractivity (Wildman–Crippen MR) is 133 cm³/mol. The molecule has 0 aliphatic heterocycles. The maximum atomic E-state index is 13.3. The molecule has 0 saturated carbocycles. The first-order chi connectivity index (χ1) is 16.9. The van der Waals surface area contributed by atoms with Gasteiger partial charge in [0.05, 0.1) is 17.5 Å². The fourth-order valence-electron chi connectivity index (χ4n) is 3.92. The maximum absolute atomic E-state index is 13.3. The SMILES string of the molecule is CC(C)[C@H](OC(=O)n1c2ccccc2c2ccccc21)C(=O)NC(CC(=O)OC(C)(C)C)C(=O)CF. The third-order valence-corrected chi connectivity index (χ3v) is 5.48. The van der Waals surface area contributed by atoms with Crippen molar-refractivity contribution in [3.05, 3.63) is 48.5 Å². The number of alkyl halides is 1. The Hall–Kier alpha value is -3.75. The number of nitrogens with zero attached hydrogens (tertiary/aromatic N) is 1. The van der Waals surface area contributed by atoms with Crippen molar-refractivity contribution in [2.75, 3.05) is 6.67 Å². The van der Waals surface area contributed by atoms with Gasteiger partial charge in [0.1, 0.15) is 18.3 Å². The fourth-order valence-corrected chi connectivity index (χ4v) is 3.92. The number of hydrogen-bond donors (Lipinski definition) is 1. The van der Waals surface area contributed by atoms with Gasteiger partial charge >= 0.3 is 12.1 Å². The van der Waals surface area contributed by atoms with Gasteiger partial charge in [-0.25, -0.2) is 13.8 Å². The molecule has 9 heteroatoms. The standard InChI is InChI=1S/C27H31FN2O6/c1-16(2)24(25(33)29-19(22(31)15-28)14-23(32)36-27(3,4)5)35-26(34)30-20-12-8-6-10-17(20)18-11-7-9-13-21(18)30/h6-13,16,19,24H,14-15H2,1-5H3,(H,29,33)/t19?,24-/m0/s1. The lowest BCUT2D eigenvalue weighted by molar-refractivity contribution is -0.156. The summed E-state index contributed by atoms with van der Waals surface area (Å²) in [5.74, 6) is -3.04. The molecule has 0 spiro atoms. The first-order valence-corrected chi connectivity index (χ1v) is 11.7. The van der Waals surface area contributed by atoms with Gasteiger partial charge in [0, 0.05) is 10.8 Å². The first-order valence-electron chi connectivity index (χ1n) is 11.7. The van der Waals surface area contributed by atoms with E-state index in [2.05, 4.69) is 5.32 Å². The number of nitrogens with one attached hydrogen (secondary N) is 1. The van der Waals surface area contributed by atoms with Crippen molar-refractivity contribution in [3.8, 4) is 0 Å². The summed E-state index contributed by atoms with van der Waals surface area (Å²) in [6.45, 7) is 6.92. The summed E-state index contributed by atoms with van der Waals surface area (Å²) >= 11 is 0. The average molecular weight is 499 g/mol. The van der Waals surface area contributed by atoms with E-state index < -0.39 is 60.5 Å². The maximum Gasteiger partial charge on any atom is 0.419 e. The van der Waals surface area contributed by atoms with E-state index in [1.165, 1.54) is 4.57 Å². The normalized spacial score (nSPS) is 13.4. The van der Waals surface area contributed by atoms with Crippen LogP contribution in [0, 0.1) is 5.92 Å². The van der Waals surface area contributed by atoms with Crippen molar-refractivity contribution in [2.45, 2.75) is 58.8 Å². The second-order valence-corrected chi connectivity index (χ2v) is 9.87. The number of halogens is 1. The van der Waals surface area contributed by atoms with E-state index in [1.807, 2.05) is 24.3 Å². The van der Waals surface area contributed by atoms with Crippen molar-refractivity contribution < 1.29 is 33.0 Å². The van der Waals surface area contributed by atoms with Crippen LogP contribution in [0.3, 0.4) is 0 Å². The number of amides is 1. The van der Waals surface area contributed by atoms with Gasteiger partial charge in [-0.15, -0.1) is 0 Å².